The predicted molar refractivity (Wildman–Crippen MR) is 111 cm³/mol. The number of nitrogens with zero attached hydrogens (tertiary/aromatic N) is 2. The molecule has 2 aromatic heterocycles. The van der Waals surface area contributed by atoms with Crippen LogP contribution in [0.15, 0.2) is 75.9 Å². The Bertz CT molecular complexity index is 1110. The van der Waals surface area contributed by atoms with Gasteiger partial charge in [-0.3, -0.25) is 4.79 Å². The van der Waals surface area contributed by atoms with Crippen molar-refractivity contribution in [2.24, 2.45) is 0 Å². The number of aryl methyl sites for hydroxylation is 1. The first-order chi connectivity index (χ1) is 14.7. The van der Waals surface area contributed by atoms with Gasteiger partial charge in [-0.15, -0.1) is 0 Å². The number of hydrogen-bond donors (Lipinski definition) is 1. The van der Waals surface area contributed by atoms with Gasteiger partial charge in [-0.05, 0) is 42.5 Å². The number of rotatable bonds is 8. The molecule has 0 saturated carbocycles. The molecule has 0 aliphatic carbocycles. The van der Waals surface area contributed by atoms with Crippen molar-refractivity contribution in [3.63, 3.8) is 0 Å². The Morgan fingerprint density at radius 3 is 2.67 bits per heavy atom. The summed E-state index contributed by atoms with van der Waals surface area (Å²) in [6.45, 7) is 0.371. The minimum Gasteiger partial charge on any atom is -0.489 e. The van der Waals surface area contributed by atoms with E-state index in [-0.39, 0.29) is 12.3 Å². The Morgan fingerprint density at radius 1 is 1.07 bits per heavy atom. The molecule has 0 aliphatic rings. The second kappa shape index (κ2) is 9.28. The van der Waals surface area contributed by atoms with Crippen LogP contribution in [0.1, 0.15) is 17.9 Å². The number of carbonyl (C=O) groups excluding carboxylic acids is 1. The van der Waals surface area contributed by atoms with Crippen molar-refractivity contribution in [1.29, 1.82) is 0 Å². The van der Waals surface area contributed by atoms with Gasteiger partial charge in [0.15, 0.2) is 5.76 Å². The predicted octanol–water partition coefficient (Wildman–Crippen LogP) is 5.13. The average molecular weight is 424 g/mol. The van der Waals surface area contributed by atoms with Crippen molar-refractivity contribution in [1.82, 2.24) is 10.1 Å². The molecule has 0 saturated heterocycles. The number of amides is 1. The Balaban J connectivity index is 1.25. The van der Waals surface area contributed by atoms with E-state index in [1.165, 1.54) is 6.26 Å². The van der Waals surface area contributed by atoms with Gasteiger partial charge in [0.1, 0.15) is 12.4 Å². The molecule has 2 heterocycles. The van der Waals surface area contributed by atoms with Gasteiger partial charge < -0.3 is 19.0 Å². The Hall–Kier alpha value is -3.58. The Morgan fingerprint density at radius 2 is 1.90 bits per heavy atom. The topological polar surface area (TPSA) is 90.4 Å². The molecule has 7 nitrogen and oxygen atoms in total. The van der Waals surface area contributed by atoms with Crippen molar-refractivity contribution in [3.8, 4) is 17.3 Å². The summed E-state index contributed by atoms with van der Waals surface area (Å²) in [5.41, 5.74) is 1.58. The van der Waals surface area contributed by atoms with Gasteiger partial charge >= 0.3 is 0 Å². The van der Waals surface area contributed by atoms with Gasteiger partial charge in [-0.1, -0.05) is 35.0 Å². The minimum absolute atomic E-state index is 0.155. The van der Waals surface area contributed by atoms with E-state index in [4.69, 9.17) is 25.3 Å². The van der Waals surface area contributed by atoms with E-state index in [1.807, 2.05) is 24.3 Å². The lowest BCUT2D eigenvalue weighted by Gasteiger charge is -2.09. The fraction of sp³-hybridized carbons (Fsp3) is 0.136. The number of carbonyl (C=O) groups is 1. The van der Waals surface area contributed by atoms with Crippen molar-refractivity contribution in [3.05, 3.63) is 83.4 Å². The molecule has 0 unspecified atom stereocenters. The molecule has 8 heteroatoms. The molecule has 0 fully saturated rings. The number of hydrogen-bond acceptors (Lipinski definition) is 6. The highest BCUT2D eigenvalue weighted by molar-refractivity contribution is 6.31. The van der Waals surface area contributed by atoms with Crippen LogP contribution in [0.5, 0.6) is 5.75 Å². The molecule has 4 rings (SSSR count). The van der Waals surface area contributed by atoms with Crippen LogP contribution in [-0.2, 0) is 17.8 Å². The molecule has 0 spiro atoms. The Labute approximate surface area is 177 Å². The maximum Gasteiger partial charge on any atom is 0.238 e. The molecule has 1 N–H and O–H groups in total. The SMILES string of the molecule is O=C(CCc1nc(-c2ccco2)no1)Nc1ccc(OCc2ccccc2Cl)cc1. The summed E-state index contributed by atoms with van der Waals surface area (Å²) in [4.78, 5) is 16.4. The lowest BCUT2D eigenvalue weighted by atomic mass is 10.2. The van der Waals surface area contributed by atoms with Crippen molar-refractivity contribution in [2.45, 2.75) is 19.4 Å². The van der Waals surface area contributed by atoms with Crippen LogP contribution in [0.3, 0.4) is 0 Å². The zero-order valence-electron chi connectivity index (χ0n) is 15.9. The maximum absolute atomic E-state index is 12.2. The first-order valence-electron chi connectivity index (χ1n) is 9.30. The lowest BCUT2D eigenvalue weighted by Crippen LogP contribution is -2.12. The molecule has 0 bridgehead atoms. The highest BCUT2D eigenvalue weighted by atomic mass is 35.5. The second-order valence-corrected chi connectivity index (χ2v) is 6.85. The second-order valence-electron chi connectivity index (χ2n) is 6.44. The normalized spacial score (nSPS) is 10.7. The summed E-state index contributed by atoms with van der Waals surface area (Å²) in [5, 5.41) is 7.34. The van der Waals surface area contributed by atoms with E-state index < -0.39 is 0 Å². The summed E-state index contributed by atoms with van der Waals surface area (Å²) in [5.74, 6) is 1.79. The molecule has 0 radical (unpaired) electrons. The standard InChI is InChI=1S/C22H18ClN3O4/c23-18-5-2-1-4-15(18)14-29-17-9-7-16(8-10-17)24-20(27)11-12-21-25-22(26-30-21)19-6-3-13-28-19/h1-10,13H,11-12,14H2,(H,24,27). The van der Waals surface area contributed by atoms with Gasteiger partial charge in [0.05, 0.1) is 6.26 Å². The molecule has 1 amide bonds. The monoisotopic (exact) mass is 423 g/mol. The molecule has 30 heavy (non-hydrogen) atoms. The fourth-order valence-electron chi connectivity index (χ4n) is 2.72. The number of furan rings is 1. The molecular weight excluding hydrogens is 406 g/mol. The highest BCUT2D eigenvalue weighted by Gasteiger charge is 2.12. The molecule has 4 aromatic rings. The number of aromatic nitrogens is 2. The number of halogens is 1. The third kappa shape index (κ3) is 5.07. The van der Waals surface area contributed by atoms with Crippen LogP contribution in [0.4, 0.5) is 5.69 Å². The van der Waals surface area contributed by atoms with E-state index in [2.05, 4.69) is 15.5 Å². The lowest BCUT2D eigenvalue weighted by molar-refractivity contribution is -0.116. The highest BCUT2D eigenvalue weighted by Crippen LogP contribution is 2.21. The molecule has 2 aromatic carbocycles. The van der Waals surface area contributed by atoms with Gasteiger partial charge in [0, 0.05) is 29.1 Å². The van der Waals surface area contributed by atoms with Crippen molar-refractivity contribution >= 4 is 23.2 Å². The zero-order chi connectivity index (χ0) is 20.8. The maximum atomic E-state index is 12.2. The van der Waals surface area contributed by atoms with Crippen LogP contribution >= 0.6 is 11.6 Å². The third-order valence-corrected chi connectivity index (χ3v) is 4.63. The van der Waals surface area contributed by atoms with Crippen LogP contribution in [-0.4, -0.2) is 16.0 Å². The van der Waals surface area contributed by atoms with E-state index in [1.54, 1.807) is 36.4 Å². The average Bonchev–Trinajstić information content (AvgIpc) is 3.45. The van der Waals surface area contributed by atoms with E-state index in [0.29, 0.717) is 47.0 Å². The first kappa shape index (κ1) is 19.7. The van der Waals surface area contributed by atoms with E-state index >= 15 is 0 Å². The van der Waals surface area contributed by atoms with E-state index in [0.717, 1.165) is 5.56 Å². The van der Waals surface area contributed by atoms with Crippen LogP contribution in [0.2, 0.25) is 5.02 Å². The summed E-state index contributed by atoms with van der Waals surface area (Å²) < 4.78 is 16.1. The smallest absolute Gasteiger partial charge is 0.238 e. The zero-order valence-corrected chi connectivity index (χ0v) is 16.6. The first-order valence-corrected chi connectivity index (χ1v) is 9.68. The molecule has 152 valence electrons. The van der Waals surface area contributed by atoms with Gasteiger partial charge in [-0.25, -0.2) is 0 Å². The number of nitrogens with one attached hydrogen (secondary N) is 1. The summed E-state index contributed by atoms with van der Waals surface area (Å²) in [7, 11) is 0. The number of ether oxygens (including phenoxy) is 1. The van der Waals surface area contributed by atoms with Crippen molar-refractivity contribution in [2.75, 3.05) is 5.32 Å². The van der Waals surface area contributed by atoms with Crippen LogP contribution < -0.4 is 10.1 Å². The molecular formula is C22H18ClN3O4. The summed E-state index contributed by atoms with van der Waals surface area (Å²) in [6.07, 6.45) is 2.08. The fourth-order valence-corrected chi connectivity index (χ4v) is 2.91. The number of benzene rings is 2. The molecule has 0 aliphatic heterocycles. The summed E-state index contributed by atoms with van der Waals surface area (Å²) in [6, 6.07) is 18.1. The largest absolute Gasteiger partial charge is 0.489 e. The van der Waals surface area contributed by atoms with Crippen LogP contribution in [0.25, 0.3) is 11.6 Å². The quantitative estimate of drug-likeness (QED) is 0.422. The van der Waals surface area contributed by atoms with Crippen molar-refractivity contribution < 1.29 is 18.5 Å². The van der Waals surface area contributed by atoms with Gasteiger partial charge in [-0.2, -0.15) is 4.98 Å². The minimum atomic E-state index is -0.155. The van der Waals surface area contributed by atoms with Gasteiger partial charge in [0.2, 0.25) is 17.6 Å². The van der Waals surface area contributed by atoms with Crippen LogP contribution in [0, 0.1) is 0 Å². The summed E-state index contributed by atoms with van der Waals surface area (Å²) >= 11 is 6.13. The third-order valence-electron chi connectivity index (χ3n) is 4.27. The Kier molecular flexibility index (Phi) is 6.10. The van der Waals surface area contributed by atoms with E-state index in [9.17, 15) is 4.79 Å². The van der Waals surface area contributed by atoms with Gasteiger partial charge in [0.25, 0.3) is 0 Å². The molecule has 0 atom stereocenters. The number of anilines is 1.